The lowest BCUT2D eigenvalue weighted by Gasteiger charge is -2.21. The summed E-state index contributed by atoms with van der Waals surface area (Å²) < 4.78 is 2.09. The van der Waals surface area contributed by atoms with Crippen LogP contribution in [0.1, 0.15) is 42.5 Å². The van der Waals surface area contributed by atoms with E-state index in [-0.39, 0.29) is 5.92 Å². The minimum absolute atomic E-state index is 0.341. The van der Waals surface area contributed by atoms with E-state index in [0.29, 0.717) is 0 Å². The Morgan fingerprint density at radius 2 is 2.26 bits per heavy atom. The van der Waals surface area contributed by atoms with Crippen molar-refractivity contribution in [1.29, 1.82) is 0 Å². The van der Waals surface area contributed by atoms with Gasteiger partial charge in [0, 0.05) is 23.6 Å². The van der Waals surface area contributed by atoms with Gasteiger partial charge in [-0.3, -0.25) is 4.79 Å². The standard InChI is InChI=1S/C16H19NO2/c1-3-10-7-8-14-13(9-10)11-5-4-6-12(16(18)19)15(11)17(14)2/h7-9,12H,3-6H2,1-2H3,(H,18,19). The molecule has 3 heteroatoms. The molecule has 0 saturated heterocycles. The van der Waals surface area contributed by atoms with Gasteiger partial charge in [-0.15, -0.1) is 0 Å². The van der Waals surface area contributed by atoms with Crippen molar-refractivity contribution in [3.05, 3.63) is 35.0 Å². The first-order valence-corrected chi connectivity index (χ1v) is 6.96. The van der Waals surface area contributed by atoms with E-state index in [2.05, 4.69) is 29.7 Å². The van der Waals surface area contributed by atoms with Crippen LogP contribution >= 0.6 is 0 Å². The molecule has 0 amide bonds. The first kappa shape index (κ1) is 12.3. The van der Waals surface area contributed by atoms with Crippen molar-refractivity contribution in [2.75, 3.05) is 0 Å². The highest BCUT2D eigenvalue weighted by atomic mass is 16.4. The van der Waals surface area contributed by atoms with Crippen molar-refractivity contribution < 1.29 is 9.90 Å². The van der Waals surface area contributed by atoms with E-state index in [1.165, 1.54) is 16.5 Å². The van der Waals surface area contributed by atoms with Gasteiger partial charge < -0.3 is 9.67 Å². The molecule has 0 radical (unpaired) electrons. The Bertz CT molecular complexity index is 654. The molecular weight excluding hydrogens is 238 g/mol. The molecule has 1 aliphatic carbocycles. The number of benzene rings is 1. The highest BCUT2D eigenvalue weighted by molar-refractivity contribution is 5.89. The molecule has 1 atom stereocenters. The molecule has 1 aliphatic rings. The SMILES string of the molecule is CCc1ccc2c(c1)c1c(n2C)C(C(=O)O)CCC1. The fraction of sp³-hybridized carbons (Fsp3) is 0.438. The Kier molecular flexibility index (Phi) is 2.85. The summed E-state index contributed by atoms with van der Waals surface area (Å²) in [5.74, 6) is -1.03. The Morgan fingerprint density at radius 1 is 1.47 bits per heavy atom. The van der Waals surface area contributed by atoms with Gasteiger partial charge in [-0.25, -0.2) is 0 Å². The molecule has 0 fully saturated rings. The van der Waals surface area contributed by atoms with Gasteiger partial charge in [0.25, 0.3) is 0 Å². The zero-order valence-electron chi connectivity index (χ0n) is 11.4. The quantitative estimate of drug-likeness (QED) is 0.897. The lowest BCUT2D eigenvalue weighted by molar-refractivity contribution is -0.139. The van der Waals surface area contributed by atoms with E-state index in [4.69, 9.17) is 0 Å². The number of hydrogen-bond acceptors (Lipinski definition) is 1. The number of carbonyl (C=O) groups is 1. The third-order valence-corrected chi connectivity index (χ3v) is 4.37. The lowest BCUT2D eigenvalue weighted by atomic mass is 9.86. The maximum absolute atomic E-state index is 11.5. The minimum Gasteiger partial charge on any atom is -0.481 e. The summed E-state index contributed by atoms with van der Waals surface area (Å²) in [6.07, 6.45) is 3.75. The van der Waals surface area contributed by atoms with Crippen molar-refractivity contribution >= 4 is 16.9 Å². The number of carboxylic acid groups (broad SMARTS) is 1. The smallest absolute Gasteiger partial charge is 0.312 e. The summed E-state index contributed by atoms with van der Waals surface area (Å²) in [5, 5.41) is 10.7. The molecule has 3 rings (SSSR count). The van der Waals surface area contributed by atoms with Gasteiger partial charge in [-0.05, 0) is 48.9 Å². The second-order valence-electron chi connectivity index (χ2n) is 5.41. The third-order valence-electron chi connectivity index (χ3n) is 4.37. The van der Waals surface area contributed by atoms with E-state index in [1.807, 2.05) is 7.05 Å². The molecule has 1 aromatic heterocycles. The molecule has 1 aromatic carbocycles. The van der Waals surface area contributed by atoms with Crippen molar-refractivity contribution in [1.82, 2.24) is 4.57 Å². The zero-order valence-corrected chi connectivity index (χ0v) is 11.4. The van der Waals surface area contributed by atoms with Crippen LogP contribution in [0.5, 0.6) is 0 Å². The number of aromatic nitrogens is 1. The van der Waals surface area contributed by atoms with Gasteiger partial charge in [0.05, 0.1) is 5.92 Å². The summed E-state index contributed by atoms with van der Waals surface area (Å²) in [6.45, 7) is 2.15. The fourth-order valence-electron chi connectivity index (χ4n) is 3.37. The highest BCUT2D eigenvalue weighted by Crippen LogP contribution is 2.38. The summed E-state index contributed by atoms with van der Waals surface area (Å²) in [7, 11) is 1.99. The van der Waals surface area contributed by atoms with Crippen molar-refractivity contribution in [3.63, 3.8) is 0 Å². The average Bonchev–Trinajstić information content (AvgIpc) is 2.72. The molecule has 0 spiro atoms. The fourth-order valence-corrected chi connectivity index (χ4v) is 3.37. The molecule has 0 saturated carbocycles. The van der Waals surface area contributed by atoms with Crippen LogP contribution in [0.3, 0.4) is 0 Å². The second kappa shape index (κ2) is 4.41. The number of aryl methyl sites for hydroxylation is 3. The van der Waals surface area contributed by atoms with Gasteiger partial charge in [0.2, 0.25) is 0 Å². The topological polar surface area (TPSA) is 42.2 Å². The minimum atomic E-state index is -0.692. The van der Waals surface area contributed by atoms with Crippen LogP contribution in [0.25, 0.3) is 10.9 Å². The predicted octanol–water partition coefficient (Wildman–Crippen LogP) is 3.25. The summed E-state index contributed by atoms with van der Waals surface area (Å²) >= 11 is 0. The molecule has 100 valence electrons. The normalized spacial score (nSPS) is 18.5. The Hall–Kier alpha value is -1.77. The predicted molar refractivity (Wildman–Crippen MR) is 75.6 cm³/mol. The Morgan fingerprint density at radius 3 is 2.95 bits per heavy atom. The largest absolute Gasteiger partial charge is 0.481 e. The van der Waals surface area contributed by atoms with E-state index < -0.39 is 5.97 Å². The van der Waals surface area contributed by atoms with Crippen LogP contribution in [0, 0.1) is 0 Å². The number of aliphatic carboxylic acids is 1. The molecular formula is C16H19NO2. The van der Waals surface area contributed by atoms with Gasteiger partial charge >= 0.3 is 5.97 Å². The number of hydrogen-bond donors (Lipinski definition) is 1. The van der Waals surface area contributed by atoms with Crippen LogP contribution in [-0.2, 0) is 24.7 Å². The van der Waals surface area contributed by atoms with Crippen LogP contribution in [0.15, 0.2) is 18.2 Å². The summed E-state index contributed by atoms with van der Waals surface area (Å²) in [6, 6.07) is 6.51. The third kappa shape index (κ3) is 1.76. The maximum atomic E-state index is 11.5. The van der Waals surface area contributed by atoms with Gasteiger partial charge in [-0.1, -0.05) is 13.0 Å². The van der Waals surface area contributed by atoms with Crippen LogP contribution in [0.4, 0.5) is 0 Å². The van der Waals surface area contributed by atoms with E-state index in [0.717, 1.165) is 36.9 Å². The van der Waals surface area contributed by atoms with Crippen LogP contribution in [0.2, 0.25) is 0 Å². The van der Waals surface area contributed by atoms with Crippen molar-refractivity contribution in [2.24, 2.45) is 7.05 Å². The molecule has 0 bridgehead atoms. The monoisotopic (exact) mass is 257 g/mol. The van der Waals surface area contributed by atoms with Crippen molar-refractivity contribution in [3.8, 4) is 0 Å². The number of fused-ring (bicyclic) bond motifs is 3. The molecule has 1 heterocycles. The zero-order chi connectivity index (χ0) is 13.6. The Balaban J connectivity index is 2.29. The Labute approximate surface area is 112 Å². The molecule has 1 N–H and O–H groups in total. The first-order valence-electron chi connectivity index (χ1n) is 6.96. The maximum Gasteiger partial charge on any atom is 0.312 e. The highest BCUT2D eigenvalue weighted by Gasteiger charge is 2.31. The molecule has 1 unspecified atom stereocenters. The number of nitrogens with zero attached hydrogens (tertiary/aromatic N) is 1. The summed E-state index contributed by atoms with van der Waals surface area (Å²) in [5.41, 5.74) is 4.75. The summed E-state index contributed by atoms with van der Waals surface area (Å²) in [4.78, 5) is 11.5. The van der Waals surface area contributed by atoms with Crippen LogP contribution in [-0.4, -0.2) is 15.6 Å². The first-order chi connectivity index (χ1) is 9.13. The number of rotatable bonds is 2. The van der Waals surface area contributed by atoms with E-state index in [1.54, 1.807) is 0 Å². The number of carboxylic acids is 1. The van der Waals surface area contributed by atoms with Gasteiger partial charge in [0.15, 0.2) is 0 Å². The molecule has 19 heavy (non-hydrogen) atoms. The molecule has 3 nitrogen and oxygen atoms in total. The molecule has 0 aliphatic heterocycles. The van der Waals surface area contributed by atoms with E-state index in [9.17, 15) is 9.90 Å². The molecule has 2 aromatic rings. The van der Waals surface area contributed by atoms with Crippen LogP contribution < -0.4 is 0 Å². The van der Waals surface area contributed by atoms with E-state index >= 15 is 0 Å². The van der Waals surface area contributed by atoms with Gasteiger partial charge in [0.1, 0.15) is 0 Å². The lowest BCUT2D eigenvalue weighted by Crippen LogP contribution is -2.20. The van der Waals surface area contributed by atoms with Gasteiger partial charge in [-0.2, -0.15) is 0 Å². The second-order valence-corrected chi connectivity index (χ2v) is 5.41. The van der Waals surface area contributed by atoms with Crippen molar-refractivity contribution in [2.45, 2.75) is 38.5 Å². The average molecular weight is 257 g/mol.